The second-order valence-corrected chi connectivity index (χ2v) is 18.6. The first kappa shape index (κ1) is 36.9. The largest absolute Gasteiger partial charge is 0.311 e. The van der Waals surface area contributed by atoms with Crippen molar-refractivity contribution in [2.45, 2.75) is 0 Å². The first-order chi connectivity index (χ1) is 31.7. The van der Waals surface area contributed by atoms with Gasteiger partial charge in [0.2, 0.25) is 0 Å². The van der Waals surface area contributed by atoms with Crippen LogP contribution in [0, 0.1) is 0 Å². The lowest BCUT2D eigenvalue weighted by atomic mass is 10.0. The van der Waals surface area contributed by atoms with Gasteiger partial charge in [-0.15, -0.1) is 22.7 Å². The van der Waals surface area contributed by atoms with Gasteiger partial charge in [0.15, 0.2) is 0 Å². The highest BCUT2D eigenvalue weighted by Gasteiger charge is 2.21. The summed E-state index contributed by atoms with van der Waals surface area (Å²) in [4.78, 5) is 2.35. The Bertz CT molecular complexity index is 3630. The number of thiophene rings is 2. The van der Waals surface area contributed by atoms with Gasteiger partial charge >= 0.3 is 0 Å². The molecule has 64 heavy (non-hydrogen) atoms. The molecule has 300 valence electrons. The van der Waals surface area contributed by atoms with Crippen LogP contribution in [0.3, 0.4) is 0 Å². The average molecular weight is 851 g/mol. The van der Waals surface area contributed by atoms with E-state index in [0.29, 0.717) is 0 Å². The Balaban J connectivity index is 0.894. The summed E-state index contributed by atoms with van der Waals surface area (Å²) < 4.78 is 7.86. The molecule has 3 heterocycles. The number of hydrogen-bond acceptors (Lipinski definition) is 3. The number of benzene rings is 10. The third-order valence-corrected chi connectivity index (χ3v) is 15.2. The molecule has 13 rings (SSSR count). The van der Waals surface area contributed by atoms with Crippen LogP contribution in [0.25, 0.3) is 101 Å². The van der Waals surface area contributed by atoms with Crippen LogP contribution in [0.15, 0.2) is 231 Å². The minimum Gasteiger partial charge on any atom is -0.311 e. The number of rotatable bonds is 7. The molecular weight excluding hydrogens is 813 g/mol. The summed E-state index contributed by atoms with van der Waals surface area (Å²) in [7, 11) is 0. The highest BCUT2D eigenvalue weighted by atomic mass is 32.1. The van der Waals surface area contributed by atoms with E-state index in [2.05, 4.69) is 240 Å². The highest BCUT2D eigenvalue weighted by molar-refractivity contribution is 7.28. The maximum absolute atomic E-state index is 2.48. The first-order valence-corrected chi connectivity index (χ1v) is 23.4. The summed E-state index contributed by atoms with van der Waals surface area (Å²) in [6.45, 7) is 0. The number of aromatic nitrogens is 1. The Kier molecular flexibility index (Phi) is 8.61. The number of fused-ring (bicyclic) bond motifs is 11. The Morgan fingerprint density at radius 1 is 0.281 bits per heavy atom. The Hall–Kier alpha value is -7.76. The Labute approximate surface area is 378 Å². The second-order valence-electron chi connectivity index (χ2n) is 16.5. The molecular formula is C60H38N2S2. The molecule has 4 heteroatoms. The normalized spacial score (nSPS) is 11.8. The molecule has 0 radical (unpaired) electrons. The average Bonchev–Trinajstić information content (AvgIpc) is 4.05. The summed E-state index contributed by atoms with van der Waals surface area (Å²) in [5, 5.41) is 8.01. The molecule has 0 amide bonds. The van der Waals surface area contributed by atoms with Crippen LogP contribution in [-0.2, 0) is 0 Å². The van der Waals surface area contributed by atoms with Crippen LogP contribution in [-0.4, -0.2) is 4.57 Å². The van der Waals surface area contributed by atoms with Gasteiger partial charge in [0, 0.05) is 73.9 Å². The van der Waals surface area contributed by atoms with E-state index in [-0.39, 0.29) is 0 Å². The van der Waals surface area contributed by atoms with Gasteiger partial charge in [0.1, 0.15) is 0 Å². The van der Waals surface area contributed by atoms with E-state index >= 15 is 0 Å². The fourth-order valence-electron chi connectivity index (χ4n) is 9.74. The van der Waals surface area contributed by atoms with E-state index in [0.717, 1.165) is 22.7 Å². The Morgan fingerprint density at radius 2 is 0.625 bits per heavy atom. The molecule has 13 aromatic rings. The zero-order valence-electron chi connectivity index (χ0n) is 34.7. The Morgan fingerprint density at radius 3 is 1.03 bits per heavy atom. The van der Waals surface area contributed by atoms with E-state index in [1.54, 1.807) is 0 Å². The van der Waals surface area contributed by atoms with E-state index in [1.165, 1.54) is 95.5 Å². The van der Waals surface area contributed by atoms with Crippen molar-refractivity contribution in [3.8, 4) is 39.1 Å². The molecule has 0 saturated heterocycles. The summed E-state index contributed by atoms with van der Waals surface area (Å²) >= 11 is 3.83. The lowest BCUT2D eigenvalue weighted by Gasteiger charge is -2.26. The fraction of sp³-hybridized carbons (Fsp3) is 0. The minimum absolute atomic E-state index is 1.10. The maximum Gasteiger partial charge on any atom is 0.0556 e. The van der Waals surface area contributed by atoms with Gasteiger partial charge in [0.25, 0.3) is 0 Å². The predicted molar refractivity (Wildman–Crippen MR) is 278 cm³/mol. The van der Waals surface area contributed by atoms with Crippen molar-refractivity contribution in [2.24, 2.45) is 0 Å². The summed E-state index contributed by atoms with van der Waals surface area (Å²) in [6, 6.07) is 84.2. The molecule has 3 aromatic heterocycles. The predicted octanol–water partition coefficient (Wildman–Crippen LogP) is 18.0. The summed E-state index contributed by atoms with van der Waals surface area (Å²) in [5.41, 5.74) is 14.1. The molecule has 0 bridgehead atoms. The SMILES string of the molecule is c1ccc(-c2ccc(N(c3ccc(-c4ccccc4)cc3)c3ccc(-c4ccc(-n5c6ccc7c8ccccc8sc7c6c6c7sc8ccccc8c7ccc65)cc4)cc3)cc2)cc1. The van der Waals surface area contributed by atoms with Crippen LogP contribution in [0.4, 0.5) is 17.1 Å². The van der Waals surface area contributed by atoms with Gasteiger partial charge in [-0.05, 0) is 106 Å². The lowest BCUT2D eigenvalue weighted by molar-refractivity contribution is 1.18. The van der Waals surface area contributed by atoms with Gasteiger partial charge < -0.3 is 9.47 Å². The lowest BCUT2D eigenvalue weighted by Crippen LogP contribution is -2.09. The van der Waals surface area contributed by atoms with E-state index in [4.69, 9.17) is 0 Å². The quantitative estimate of drug-likeness (QED) is 0.155. The molecule has 0 saturated carbocycles. The fourth-order valence-corrected chi connectivity index (χ4v) is 12.2. The van der Waals surface area contributed by atoms with Crippen molar-refractivity contribution in [1.82, 2.24) is 4.57 Å². The van der Waals surface area contributed by atoms with Crippen molar-refractivity contribution in [3.05, 3.63) is 231 Å². The number of nitrogens with zero attached hydrogens (tertiary/aromatic N) is 2. The maximum atomic E-state index is 2.48. The monoisotopic (exact) mass is 850 g/mol. The zero-order valence-corrected chi connectivity index (χ0v) is 36.3. The molecule has 0 fully saturated rings. The van der Waals surface area contributed by atoms with Gasteiger partial charge in [-0.25, -0.2) is 0 Å². The topological polar surface area (TPSA) is 8.17 Å². The smallest absolute Gasteiger partial charge is 0.0556 e. The first-order valence-electron chi connectivity index (χ1n) is 21.7. The molecule has 0 spiro atoms. The standard InChI is InChI=1S/C60H38N2S2/c1-3-11-39(12-4-1)41-19-27-45(28-20-41)61(46-29-21-42(22-30-46)40-13-5-2-6-14-40)47-31-23-43(24-32-47)44-25-33-48(34-26-44)62-53-37-35-51-49-15-7-9-17-55(49)63-59(51)57(53)58-54(62)38-36-52-50-16-8-10-18-56(50)64-60(52)58/h1-38H. The van der Waals surface area contributed by atoms with Crippen LogP contribution >= 0.6 is 22.7 Å². The second kappa shape index (κ2) is 15.0. The minimum atomic E-state index is 1.10. The van der Waals surface area contributed by atoms with Gasteiger partial charge in [-0.3, -0.25) is 0 Å². The van der Waals surface area contributed by atoms with Crippen molar-refractivity contribution in [3.63, 3.8) is 0 Å². The summed E-state index contributed by atoms with van der Waals surface area (Å²) in [5.74, 6) is 0. The summed E-state index contributed by atoms with van der Waals surface area (Å²) in [6.07, 6.45) is 0. The molecule has 0 N–H and O–H groups in total. The molecule has 0 aliphatic carbocycles. The molecule has 2 nitrogen and oxygen atoms in total. The van der Waals surface area contributed by atoms with Gasteiger partial charge in [0.05, 0.1) is 11.0 Å². The molecule has 0 atom stereocenters. The molecule has 10 aromatic carbocycles. The van der Waals surface area contributed by atoms with Crippen LogP contribution in [0.2, 0.25) is 0 Å². The number of anilines is 3. The molecule has 0 aliphatic heterocycles. The molecule has 0 unspecified atom stereocenters. The van der Waals surface area contributed by atoms with Crippen LogP contribution < -0.4 is 4.90 Å². The van der Waals surface area contributed by atoms with Gasteiger partial charge in [-0.2, -0.15) is 0 Å². The third-order valence-electron chi connectivity index (χ3n) is 12.8. The van der Waals surface area contributed by atoms with Crippen molar-refractivity contribution in [1.29, 1.82) is 0 Å². The van der Waals surface area contributed by atoms with Crippen molar-refractivity contribution < 1.29 is 0 Å². The zero-order chi connectivity index (χ0) is 42.1. The molecule has 0 aliphatic rings. The van der Waals surface area contributed by atoms with Crippen LogP contribution in [0.5, 0.6) is 0 Å². The van der Waals surface area contributed by atoms with Crippen LogP contribution in [0.1, 0.15) is 0 Å². The van der Waals surface area contributed by atoms with E-state index < -0.39 is 0 Å². The van der Waals surface area contributed by atoms with Crippen molar-refractivity contribution >= 4 is 102 Å². The number of hydrogen-bond donors (Lipinski definition) is 0. The van der Waals surface area contributed by atoms with Crippen molar-refractivity contribution in [2.75, 3.05) is 4.90 Å². The van der Waals surface area contributed by atoms with E-state index in [9.17, 15) is 0 Å². The third kappa shape index (κ3) is 5.99. The highest BCUT2D eigenvalue weighted by Crippen LogP contribution is 2.48. The van der Waals surface area contributed by atoms with E-state index in [1.807, 2.05) is 22.7 Å². The van der Waals surface area contributed by atoms with Gasteiger partial charge in [-0.1, -0.05) is 158 Å².